The van der Waals surface area contributed by atoms with Crippen LogP contribution in [-0.4, -0.2) is 41.5 Å². The highest BCUT2D eigenvalue weighted by molar-refractivity contribution is 5.79. The normalized spacial score (nSPS) is 28.4. The van der Waals surface area contributed by atoms with Crippen molar-refractivity contribution in [1.29, 1.82) is 0 Å². The van der Waals surface area contributed by atoms with Gasteiger partial charge in [0.2, 0.25) is 0 Å². The van der Waals surface area contributed by atoms with E-state index in [0.29, 0.717) is 25.9 Å². The van der Waals surface area contributed by atoms with Crippen LogP contribution in [0.5, 0.6) is 0 Å². The molecule has 0 bridgehead atoms. The zero-order valence-electron chi connectivity index (χ0n) is 8.40. The van der Waals surface area contributed by atoms with Crippen LogP contribution in [0.1, 0.15) is 19.3 Å². The Labute approximate surface area is 87.4 Å². The van der Waals surface area contributed by atoms with E-state index in [9.17, 15) is 13.6 Å². The predicted octanol–water partition coefficient (Wildman–Crippen LogP) is 1.75. The molecule has 2 atom stereocenters. The number of hydrogen-bond donors (Lipinski definition) is 1. The van der Waals surface area contributed by atoms with Crippen molar-refractivity contribution in [2.24, 2.45) is 0 Å². The molecule has 1 aliphatic heterocycles. The largest absolute Gasteiger partial charge is 0.478 e. The SMILES string of the molecule is O=C(O)/C=C/CCN1CCCC(F)C1F. The first-order valence-electron chi connectivity index (χ1n) is 5.03. The lowest BCUT2D eigenvalue weighted by Crippen LogP contribution is -2.43. The number of carbonyl (C=O) groups is 1. The van der Waals surface area contributed by atoms with Crippen molar-refractivity contribution in [3.8, 4) is 0 Å². The number of aliphatic carboxylic acids is 1. The van der Waals surface area contributed by atoms with Crippen LogP contribution in [0.3, 0.4) is 0 Å². The van der Waals surface area contributed by atoms with Gasteiger partial charge < -0.3 is 5.11 Å². The van der Waals surface area contributed by atoms with Crippen LogP contribution in [0.25, 0.3) is 0 Å². The van der Waals surface area contributed by atoms with Crippen LogP contribution in [0.4, 0.5) is 8.78 Å². The molecule has 1 saturated heterocycles. The first-order chi connectivity index (χ1) is 7.11. The van der Waals surface area contributed by atoms with Gasteiger partial charge in [-0.2, -0.15) is 0 Å². The van der Waals surface area contributed by atoms with E-state index < -0.39 is 18.4 Å². The van der Waals surface area contributed by atoms with Crippen molar-refractivity contribution in [1.82, 2.24) is 4.90 Å². The molecule has 0 aromatic heterocycles. The Morgan fingerprint density at radius 3 is 2.93 bits per heavy atom. The van der Waals surface area contributed by atoms with Crippen LogP contribution >= 0.6 is 0 Å². The highest BCUT2D eigenvalue weighted by atomic mass is 19.2. The fourth-order valence-corrected chi connectivity index (χ4v) is 1.64. The van der Waals surface area contributed by atoms with Gasteiger partial charge in [0, 0.05) is 19.2 Å². The lowest BCUT2D eigenvalue weighted by molar-refractivity contribution is -0.131. The molecule has 2 unspecified atom stereocenters. The lowest BCUT2D eigenvalue weighted by Gasteiger charge is -2.32. The van der Waals surface area contributed by atoms with Crippen LogP contribution < -0.4 is 0 Å². The van der Waals surface area contributed by atoms with Crippen LogP contribution in [0, 0.1) is 0 Å². The first kappa shape index (κ1) is 12.1. The number of alkyl halides is 2. The minimum absolute atomic E-state index is 0.280. The van der Waals surface area contributed by atoms with E-state index in [1.54, 1.807) is 0 Å². The molecule has 0 spiro atoms. The van der Waals surface area contributed by atoms with Gasteiger partial charge in [0.1, 0.15) is 6.17 Å². The zero-order valence-corrected chi connectivity index (χ0v) is 8.40. The highest BCUT2D eigenvalue weighted by Crippen LogP contribution is 2.21. The summed E-state index contributed by atoms with van der Waals surface area (Å²) in [6.45, 7) is 0.911. The molecule has 5 heteroatoms. The number of carboxylic acid groups (broad SMARTS) is 1. The van der Waals surface area contributed by atoms with Gasteiger partial charge in [-0.3, -0.25) is 4.90 Å². The summed E-state index contributed by atoms with van der Waals surface area (Å²) in [5, 5.41) is 8.31. The number of nitrogens with zero attached hydrogens (tertiary/aromatic N) is 1. The summed E-state index contributed by atoms with van der Waals surface area (Å²) in [4.78, 5) is 11.5. The van der Waals surface area contributed by atoms with Crippen molar-refractivity contribution < 1.29 is 18.7 Å². The summed E-state index contributed by atoms with van der Waals surface area (Å²) in [5.41, 5.74) is 0. The first-order valence-corrected chi connectivity index (χ1v) is 5.03. The zero-order chi connectivity index (χ0) is 11.3. The maximum absolute atomic E-state index is 13.2. The Balaban J connectivity index is 2.28. The molecule has 0 amide bonds. The third kappa shape index (κ3) is 3.95. The molecule has 15 heavy (non-hydrogen) atoms. The van der Waals surface area contributed by atoms with Crippen molar-refractivity contribution >= 4 is 5.97 Å². The van der Waals surface area contributed by atoms with Gasteiger partial charge in [0.25, 0.3) is 0 Å². The van der Waals surface area contributed by atoms with Gasteiger partial charge in [0.15, 0.2) is 6.30 Å². The number of rotatable bonds is 4. The molecule has 3 nitrogen and oxygen atoms in total. The average molecular weight is 219 g/mol. The molecule has 1 fully saturated rings. The van der Waals surface area contributed by atoms with Crippen LogP contribution in [0.15, 0.2) is 12.2 Å². The van der Waals surface area contributed by atoms with Crippen LogP contribution in [0.2, 0.25) is 0 Å². The molecular formula is C10H15F2NO2. The number of halogens is 2. The molecule has 86 valence electrons. The monoisotopic (exact) mass is 219 g/mol. The van der Waals surface area contributed by atoms with E-state index in [1.807, 2.05) is 0 Å². The maximum atomic E-state index is 13.2. The number of hydrogen-bond acceptors (Lipinski definition) is 2. The summed E-state index contributed by atoms with van der Waals surface area (Å²) in [6.07, 6.45) is 0.909. The summed E-state index contributed by atoms with van der Waals surface area (Å²) in [5.74, 6) is -1.02. The van der Waals surface area contributed by atoms with Crippen molar-refractivity contribution in [2.45, 2.75) is 31.7 Å². The van der Waals surface area contributed by atoms with Gasteiger partial charge in [-0.15, -0.1) is 0 Å². The molecule has 0 aromatic rings. The van der Waals surface area contributed by atoms with Gasteiger partial charge in [0.05, 0.1) is 0 Å². The van der Waals surface area contributed by atoms with E-state index >= 15 is 0 Å². The third-order valence-corrected chi connectivity index (χ3v) is 2.42. The smallest absolute Gasteiger partial charge is 0.327 e. The minimum Gasteiger partial charge on any atom is -0.478 e. The maximum Gasteiger partial charge on any atom is 0.327 e. The second kappa shape index (κ2) is 5.80. The van der Waals surface area contributed by atoms with Gasteiger partial charge >= 0.3 is 5.97 Å². The lowest BCUT2D eigenvalue weighted by atomic mass is 10.1. The van der Waals surface area contributed by atoms with Crippen molar-refractivity contribution in [2.75, 3.05) is 13.1 Å². The minimum atomic E-state index is -1.53. The third-order valence-electron chi connectivity index (χ3n) is 2.42. The van der Waals surface area contributed by atoms with Crippen molar-refractivity contribution in [3.05, 3.63) is 12.2 Å². The second-order valence-electron chi connectivity index (χ2n) is 3.60. The molecule has 0 saturated carbocycles. The molecule has 1 aliphatic rings. The number of likely N-dealkylation sites (tertiary alicyclic amines) is 1. The quantitative estimate of drug-likeness (QED) is 0.578. The summed E-state index contributed by atoms with van der Waals surface area (Å²) < 4.78 is 26.2. The van der Waals surface area contributed by atoms with Gasteiger partial charge in [-0.05, 0) is 19.3 Å². The van der Waals surface area contributed by atoms with Crippen LogP contribution in [-0.2, 0) is 4.79 Å². The van der Waals surface area contributed by atoms with E-state index in [0.717, 1.165) is 6.08 Å². The Kier molecular flexibility index (Phi) is 4.68. The van der Waals surface area contributed by atoms with Gasteiger partial charge in [-0.1, -0.05) is 6.08 Å². The highest BCUT2D eigenvalue weighted by Gasteiger charge is 2.30. The van der Waals surface area contributed by atoms with E-state index in [4.69, 9.17) is 5.11 Å². The molecule has 1 N–H and O–H groups in total. The molecule has 1 rings (SSSR count). The Morgan fingerprint density at radius 2 is 2.27 bits per heavy atom. The standard InChI is InChI=1S/C10H15F2NO2/c11-8-4-3-7-13(10(8)12)6-2-1-5-9(14)15/h1,5,8,10H,2-4,6-7H2,(H,14,15)/b5-1+. The van der Waals surface area contributed by atoms with E-state index in [-0.39, 0.29) is 6.42 Å². The van der Waals surface area contributed by atoms with E-state index in [1.165, 1.54) is 11.0 Å². The van der Waals surface area contributed by atoms with Gasteiger partial charge in [-0.25, -0.2) is 13.6 Å². The number of carboxylic acids is 1. The molecule has 0 aromatic carbocycles. The molecule has 0 aliphatic carbocycles. The Bertz CT molecular complexity index is 246. The fourth-order valence-electron chi connectivity index (χ4n) is 1.64. The fraction of sp³-hybridized carbons (Fsp3) is 0.700. The number of piperidine rings is 1. The van der Waals surface area contributed by atoms with Crippen molar-refractivity contribution in [3.63, 3.8) is 0 Å². The Hall–Kier alpha value is -0.970. The average Bonchev–Trinajstić information content (AvgIpc) is 2.18. The summed E-state index contributed by atoms with van der Waals surface area (Å²) in [7, 11) is 0. The predicted molar refractivity (Wildman–Crippen MR) is 52.0 cm³/mol. The summed E-state index contributed by atoms with van der Waals surface area (Å²) >= 11 is 0. The molecule has 0 radical (unpaired) electrons. The summed E-state index contributed by atoms with van der Waals surface area (Å²) in [6, 6.07) is 0. The Morgan fingerprint density at radius 1 is 1.53 bits per heavy atom. The molecular weight excluding hydrogens is 204 g/mol. The second-order valence-corrected chi connectivity index (χ2v) is 3.60. The topological polar surface area (TPSA) is 40.5 Å². The molecule has 1 heterocycles. The van der Waals surface area contributed by atoms with E-state index in [2.05, 4.69) is 0 Å².